The van der Waals surface area contributed by atoms with E-state index in [1.54, 1.807) is 0 Å². The van der Waals surface area contributed by atoms with Gasteiger partial charge in [0.25, 0.3) is 5.69 Å². The van der Waals surface area contributed by atoms with Gasteiger partial charge in [-0.05, 0) is 12.1 Å². The highest BCUT2D eigenvalue weighted by molar-refractivity contribution is 7.89. The molecule has 1 aromatic rings. The largest absolute Gasteiger partial charge is 0.415 e. The monoisotopic (exact) mass is 348 g/mol. The van der Waals surface area contributed by atoms with Crippen molar-refractivity contribution < 1.29 is 31.6 Å². The van der Waals surface area contributed by atoms with Crippen LogP contribution in [0.4, 0.5) is 18.9 Å². The van der Waals surface area contributed by atoms with Crippen molar-refractivity contribution in [3.8, 4) is 0 Å². The molecule has 1 aromatic carbocycles. The fourth-order valence-corrected chi connectivity index (χ4v) is 2.43. The highest BCUT2D eigenvalue weighted by Gasteiger charge is 2.38. The van der Waals surface area contributed by atoms with Gasteiger partial charge in [0.15, 0.2) is 6.10 Å². The molecule has 0 saturated heterocycles. The van der Waals surface area contributed by atoms with E-state index in [0.717, 1.165) is 12.1 Å². The summed E-state index contributed by atoms with van der Waals surface area (Å²) in [5, 5.41) is 19.0. The number of alkyl halides is 3. The van der Waals surface area contributed by atoms with Crippen molar-refractivity contribution in [1.82, 2.24) is 4.72 Å². The first-order valence-electron chi connectivity index (χ1n) is 5.13. The van der Waals surface area contributed by atoms with E-state index in [-0.39, 0.29) is 5.02 Å². The first-order chi connectivity index (χ1) is 9.45. The molecule has 0 aliphatic rings. The molecule has 12 heteroatoms. The minimum atomic E-state index is -4.99. The van der Waals surface area contributed by atoms with E-state index in [4.69, 9.17) is 16.7 Å². The molecule has 0 radical (unpaired) electrons. The van der Waals surface area contributed by atoms with Crippen LogP contribution < -0.4 is 4.72 Å². The van der Waals surface area contributed by atoms with Crippen LogP contribution in [0.2, 0.25) is 5.02 Å². The van der Waals surface area contributed by atoms with Gasteiger partial charge < -0.3 is 5.11 Å². The summed E-state index contributed by atoms with van der Waals surface area (Å²) in [5.74, 6) is 0. The average Bonchev–Trinajstić information content (AvgIpc) is 2.34. The molecule has 118 valence electrons. The second-order valence-corrected chi connectivity index (χ2v) is 5.95. The van der Waals surface area contributed by atoms with E-state index < -0.39 is 44.4 Å². The molecule has 1 atom stereocenters. The predicted molar refractivity (Wildman–Crippen MR) is 65.4 cm³/mol. The lowest BCUT2D eigenvalue weighted by atomic mass is 10.3. The molecule has 0 saturated carbocycles. The zero-order valence-electron chi connectivity index (χ0n) is 9.96. The Morgan fingerprint density at radius 1 is 1.43 bits per heavy atom. The number of benzene rings is 1. The van der Waals surface area contributed by atoms with Crippen molar-refractivity contribution in [3.05, 3.63) is 33.3 Å². The number of nitrogens with zero attached hydrogens (tertiary/aromatic N) is 1. The number of hydrogen-bond acceptors (Lipinski definition) is 5. The van der Waals surface area contributed by atoms with E-state index in [2.05, 4.69) is 0 Å². The van der Waals surface area contributed by atoms with Crippen LogP contribution in [0.15, 0.2) is 23.1 Å². The van der Waals surface area contributed by atoms with Crippen LogP contribution in [-0.4, -0.2) is 37.3 Å². The number of aliphatic hydroxyl groups is 1. The fourth-order valence-electron chi connectivity index (χ4n) is 1.19. The van der Waals surface area contributed by atoms with Crippen LogP contribution in [0.25, 0.3) is 0 Å². The summed E-state index contributed by atoms with van der Waals surface area (Å²) in [6, 6.07) is 2.41. The maximum absolute atomic E-state index is 12.1. The summed E-state index contributed by atoms with van der Waals surface area (Å²) in [4.78, 5) is 9.03. The summed E-state index contributed by atoms with van der Waals surface area (Å²) < 4.78 is 61.1. The molecule has 0 amide bonds. The number of nitro groups is 1. The maximum Gasteiger partial charge on any atom is 0.415 e. The van der Waals surface area contributed by atoms with Crippen molar-refractivity contribution in [3.63, 3.8) is 0 Å². The Bertz CT molecular complexity index is 649. The lowest BCUT2D eigenvalue weighted by molar-refractivity contribution is -0.384. The van der Waals surface area contributed by atoms with Crippen molar-refractivity contribution in [2.75, 3.05) is 6.54 Å². The Morgan fingerprint density at radius 2 is 2.00 bits per heavy atom. The normalized spacial score (nSPS) is 14.0. The highest BCUT2D eigenvalue weighted by Crippen LogP contribution is 2.27. The second-order valence-electron chi connectivity index (χ2n) is 3.78. The van der Waals surface area contributed by atoms with Crippen LogP contribution in [0.3, 0.4) is 0 Å². The minimum Gasteiger partial charge on any atom is -0.382 e. The molecule has 0 bridgehead atoms. The maximum atomic E-state index is 12.1. The van der Waals surface area contributed by atoms with Gasteiger partial charge in [0.1, 0.15) is 5.02 Å². The zero-order chi connectivity index (χ0) is 16.4. The van der Waals surface area contributed by atoms with Crippen molar-refractivity contribution in [2.24, 2.45) is 0 Å². The number of nitrogens with one attached hydrogen (secondary N) is 1. The predicted octanol–water partition coefficient (Wildman–Crippen LogP) is 1.45. The first kappa shape index (κ1) is 17.6. The van der Waals surface area contributed by atoms with Gasteiger partial charge in [0, 0.05) is 12.6 Å². The molecular weight excluding hydrogens is 341 g/mol. The van der Waals surface area contributed by atoms with Gasteiger partial charge in [-0.3, -0.25) is 10.1 Å². The van der Waals surface area contributed by atoms with Crippen LogP contribution in [0.1, 0.15) is 0 Å². The molecule has 1 rings (SSSR count). The van der Waals surface area contributed by atoms with Crippen molar-refractivity contribution in [1.29, 1.82) is 0 Å². The van der Waals surface area contributed by atoms with Crippen molar-refractivity contribution in [2.45, 2.75) is 17.2 Å². The Hall–Kier alpha value is -1.43. The first-order valence-corrected chi connectivity index (χ1v) is 6.99. The van der Waals surface area contributed by atoms with Gasteiger partial charge in [-0.1, -0.05) is 11.6 Å². The Balaban J connectivity index is 2.99. The molecule has 0 spiro atoms. The standard InChI is InChI=1S/C9H8ClF3N2O5S/c10-6-2-1-5(3-7(6)15(17)18)21(19,20)14-4-8(16)9(11,12)13/h1-3,8,14,16H,4H2. The van der Waals surface area contributed by atoms with Crippen LogP contribution >= 0.6 is 11.6 Å². The van der Waals surface area contributed by atoms with Gasteiger partial charge in [-0.2, -0.15) is 13.2 Å². The van der Waals surface area contributed by atoms with E-state index in [9.17, 15) is 31.7 Å². The molecule has 1 unspecified atom stereocenters. The SMILES string of the molecule is O=[N+]([O-])c1cc(S(=O)(=O)NCC(O)C(F)(F)F)ccc1Cl. The third-order valence-corrected chi connectivity index (χ3v) is 4.01. The van der Waals surface area contributed by atoms with Gasteiger partial charge in [-0.25, -0.2) is 13.1 Å². The van der Waals surface area contributed by atoms with Gasteiger partial charge in [0.05, 0.1) is 9.82 Å². The molecule has 0 aliphatic heterocycles. The average molecular weight is 349 g/mol. The quantitative estimate of drug-likeness (QED) is 0.618. The molecule has 0 fully saturated rings. The third-order valence-electron chi connectivity index (χ3n) is 2.27. The van der Waals surface area contributed by atoms with Gasteiger partial charge >= 0.3 is 6.18 Å². The fraction of sp³-hybridized carbons (Fsp3) is 0.333. The van der Waals surface area contributed by atoms with E-state index in [1.165, 1.54) is 4.72 Å². The summed E-state index contributed by atoms with van der Waals surface area (Å²) in [5.41, 5.74) is -0.712. The number of halogens is 4. The minimum absolute atomic E-state index is 0.325. The molecule has 0 aliphatic carbocycles. The Morgan fingerprint density at radius 3 is 2.48 bits per heavy atom. The second kappa shape index (κ2) is 6.13. The van der Waals surface area contributed by atoms with E-state index >= 15 is 0 Å². The number of hydrogen-bond donors (Lipinski definition) is 2. The summed E-state index contributed by atoms with van der Waals surface area (Å²) in [6.07, 6.45) is -7.89. The Kier molecular flexibility index (Phi) is 5.15. The number of rotatable bonds is 5. The number of sulfonamides is 1. The molecule has 7 nitrogen and oxygen atoms in total. The summed E-state index contributed by atoms with van der Waals surface area (Å²) in [7, 11) is -4.46. The summed E-state index contributed by atoms with van der Waals surface area (Å²) in [6.45, 7) is -1.32. The number of aliphatic hydroxyl groups excluding tert-OH is 1. The van der Waals surface area contributed by atoms with Gasteiger partial charge in [0.2, 0.25) is 10.0 Å². The molecular formula is C9H8ClF3N2O5S. The van der Waals surface area contributed by atoms with Crippen LogP contribution in [-0.2, 0) is 10.0 Å². The lowest BCUT2D eigenvalue weighted by Crippen LogP contribution is -2.40. The van der Waals surface area contributed by atoms with E-state index in [0.29, 0.717) is 6.07 Å². The molecule has 21 heavy (non-hydrogen) atoms. The third kappa shape index (κ3) is 4.52. The van der Waals surface area contributed by atoms with Crippen LogP contribution in [0.5, 0.6) is 0 Å². The highest BCUT2D eigenvalue weighted by atomic mass is 35.5. The van der Waals surface area contributed by atoms with Crippen LogP contribution in [0, 0.1) is 10.1 Å². The summed E-state index contributed by atoms with van der Waals surface area (Å²) >= 11 is 5.48. The molecule has 0 heterocycles. The van der Waals surface area contributed by atoms with Gasteiger partial charge in [-0.15, -0.1) is 0 Å². The molecule has 2 N–H and O–H groups in total. The van der Waals surface area contributed by atoms with E-state index in [1.807, 2.05) is 0 Å². The van der Waals surface area contributed by atoms with Crippen molar-refractivity contribution >= 4 is 27.3 Å². The smallest absolute Gasteiger partial charge is 0.382 e. The molecule has 0 aromatic heterocycles. The Labute approximate surface area is 121 Å². The number of nitro benzene ring substituents is 1. The zero-order valence-corrected chi connectivity index (χ0v) is 11.5. The lowest BCUT2D eigenvalue weighted by Gasteiger charge is -2.15. The topological polar surface area (TPSA) is 110 Å².